The fraction of sp³-hybridized carbons (Fsp3) is 0.786. The van der Waals surface area contributed by atoms with Gasteiger partial charge in [0.1, 0.15) is 6.10 Å². The van der Waals surface area contributed by atoms with Gasteiger partial charge in [0, 0.05) is 43.3 Å². The zero-order valence-corrected chi connectivity index (χ0v) is 12.4. The Morgan fingerprint density at radius 2 is 2.37 bits per heavy atom. The predicted molar refractivity (Wildman–Crippen MR) is 78.4 cm³/mol. The van der Waals surface area contributed by atoms with Gasteiger partial charge in [-0.2, -0.15) is 16.9 Å². The van der Waals surface area contributed by atoms with E-state index < -0.39 is 0 Å². The van der Waals surface area contributed by atoms with Gasteiger partial charge in [0.25, 0.3) is 0 Å². The zero-order chi connectivity index (χ0) is 13.1. The Morgan fingerprint density at radius 3 is 3.11 bits per heavy atom. The Kier molecular flexibility index (Phi) is 4.45. The van der Waals surface area contributed by atoms with Gasteiger partial charge in [-0.3, -0.25) is 4.68 Å². The van der Waals surface area contributed by atoms with Crippen molar-refractivity contribution in [3.8, 4) is 0 Å². The molecule has 0 radical (unpaired) electrons. The molecule has 2 aliphatic rings. The van der Waals surface area contributed by atoms with Crippen molar-refractivity contribution >= 4 is 11.8 Å². The Bertz CT molecular complexity index is 403. The molecule has 0 unspecified atom stereocenters. The number of nitrogens with one attached hydrogen (secondary N) is 1. The van der Waals surface area contributed by atoms with E-state index in [0.29, 0.717) is 12.1 Å². The number of ether oxygens (including phenoxy) is 1. The predicted octanol–water partition coefficient (Wildman–Crippen LogP) is 2.13. The molecule has 0 bridgehead atoms. The lowest BCUT2D eigenvalue weighted by atomic mass is 9.97. The van der Waals surface area contributed by atoms with Crippen LogP contribution < -0.4 is 5.32 Å². The first-order chi connectivity index (χ1) is 9.33. The van der Waals surface area contributed by atoms with Crippen LogP contribution in [-0.2, 0) is 11.8 Å². The molecule has 2 saturated heterocycles. The van der Waals surface area contributed by atoms with Crippen LogP contribution >= 0.6 is 11.8 Å². The molecule has 2 fully saturated rings. The van der Waals surface area contributed by atoms with Crippen LogP contribution in [0, 0.1) is 0 Å². The summed E-state index contributed by atoms with van der Waals surface area (Å²) >= 11 is 2.07. The molecule has 3 rings (SSSR count). The van der Waals surface area contributed by atoms with Crippen LogP contribution in [0.2, 0.25) is 0 Å². The van der Waals surface area contributed by atoms with Gasteiger partial charge in [-0.25, -0.2) is 0 Å². The number of nitrogens with zero attached hydrogens (tertiary/aromatic N) is 2. The highest BCUT2D eigenvalue weighted by molar-refractivity contribution is 7.99. The lowest BCUT2D eigenvalue weighted by molar-refractivity contribution is -0.0135. The summed E-state index contributed by atoms with van der Waals surface area (Å²) in [5.74, 6) is 2.57. The standard InChI is InChI=1S/C14H23N3OS/c1-17-9-11(8-15-17)14-13(5-2-6-18-14)16-12-4-3-7-19-10-12/h8-9,12-14,16H,2-7,10H2,1H3/t12-,13-,14+/m0/s1. The van der Waals surface area contributed by atoms with E-state index in [1.807, 2.05) is 17.9 Å². The van der Waals surface area contributed by atoms with E-state index in [2.05, 4.69) is 28.4 Å². The van der Waals surface area contributed by atoms with E-state index in [9.17, 15) is 0 Å². The molecular formula is C14H23N3OS. The molecule has 5 heteroatoms. The molecule has 0 aromatic carbocycles. The Balaban J connectivity index is 1.66. The Labute approximate surface area is 119 Å². The molecule has 0 saturated carbocycles. The van der Waals surface area contributed by atoms with E-state index in [-0.39, 0.29) is 6.10 Å². The highest BCUT2D eigenvalue weighted by atomic mass is 32.2. The number of aromatic nitrogens is 2. The van der Waals surface area contributed by atoms with Crippen molar-refractivity contribution in [3.05, 3.63) is 18.0 Å². The Morgan fingerprint density at radius 1 is 1.42 bits per heavy atom. The summed E-state index contributed by atoms with van der Waals surface area (Å²) in [7, 11) is 1.96. The zero-order valence-electron chi connectivity index (χ0n) is 11.5. The first-order valence-electron chi connectivity index (χ1n) is 7.27. The number of thioether (sulfide) groups is 1. The average Bonchev–Trinajstić information content (AvgIpc) is 2.87. The largest absolute Gasteiger partial charge is 0.372 e. The summed E-state index contributed by atoms with van der Waals surface area (Å²) in [6.45, 7) is 0.872. The third kappa shape index (κ3) is 3.33. The van der Waals surface area contributed by atoms with Crippen molar-refractivity contribution in [2.24, 2.45) is 7.05 Å². The minimum atomic E-state index is 0.175. The molecule has 1 aromatic heterocycles. The van der Waals surface area contributed by atoms with Crippen molar-refractivity contribution in [2.45, 2.75) is 43.9 Å². The molecule has 4 nitrogen and oxygen atoms in total. The molecule has 1 aromatic rings. The van der Waals surface area contributed by atoms with Gasteiger partial charge >= 0.3 is 0 Å². The number of hydrogen-bond acceptors (Lipinski definition) is 4. The maximum atomic E-state index is 6.01. The van der Waals surface area contributed by atoms with Gasteiger partial charge in [-0.05, 0) is 31.4 Å². The third-order valence-corrected chi connectivity index (χ3v) is 5.20. The fourth-order valence-corrected chi connectivity index (χ4v) is 4.13. The number of aryl methyl sites for hydroxylation is 1. The third-order valence-electron chi connectivity index (χ3n) is 3.99. The van der Waals surface area contributed by atoms with Crippen molar-refractivity contribution in [3.63, 3.8) is 0 Å². The van der Waals surface area contributed by atoms with Crippen molar-refractivity contribution < 1.29 is 4.74 Å². The molecule has 0 aliphatic carbocycles. The van der Waals surface area contributed by atoms with E-state index in [0.717, 1.165) is 13.0 Å². The summed E-state index contributed by atoms with van der Waals surface area (Å²) < 4.78 is 7.87. The molecule has 0 amide bonds. The summed E-state index contributed by atoms with van der Waals surface area (Å²) in [5, 5.41) is 8.11. The Hall–Kier alpha value is -0.520. The van der Waals surface area contributed by atoms with Gasteiger partial charge in [0.15, 0.2) is 0 Å². The molecule has 2 aliphatic heterocycles. The van der Waals surface area contributed by atoms with Crippen molar-refractivity contribution in [2.75, 3.05) is 18.1 Å². The van der Waals surface area contributed by atoms with Crippen LogP contribution in [0.15, 0.2) is 12.4 Å². The molecular weight excluding hydrogens is 258 g/mol. The maximum absolute atomic E-state index is 6.01. The van der Waals surface area contributed by atoms with Crippen LogP contribution in [0.3, 0.4) is 0 Å². The SMILES string of the molecule is Cn1cc([C@H]2OCCC[C@@H]2N[C@H]2CCCSC2)cn1. The minimum Gasteiger partial charge on any atom is -0.372 e. The second-order valence-electron chi connectivity index (χ2n) is 5.57. The molecule has 3 atom stereocenters. The van der Waals surface area contributed by atoms with Crippen LogP contribution in [0.25, 0.3) is 0 Å². The molecule has 1 N–H and O–H groups in total. The first kappa shape index (κ1) is 13.5. The highest BCUT2D eigenvalue weighted by Crippen LogP contribution is 2.29. The highest BCUT2D eigenvalue weighted by Gasteiger charge is 2.30. The summed E-state index contributed by atoms with van der Waals surface area (Å²) in [6, 6.07) is 1.10. The monoisotopic (exact) mass is 281 g/mol. The minimum absolute atomic E-state index is 0.175. The number of hydrogen-bond donors (Lipinski definition) is 1. The number of rotatable bonds is 3. The van der Waals surface area contributed by atoms with Crippen LogP contribution in [0.5, 0.6) is 0 Å². The van der Waals surface area contributed by atoms with Crippen LogP contribution in [-0.4, -0.2) is 40.0 Å². The van der Waals surface area contributed by atoms with Crippen molar-refractivity contribution in [1.82, 2.24) is 15.1 Å². The van der Waals surface area contributed by atoms with E-state index in [1.54, 1.807) is 0 Å². The summed E-state index contributed by atoms with van der Waals surface area (Å²) in [6.07, 6.45) is 9.22. The molecule has 19 heavy (non-hydrogen) atoms. The topological polar surface area (TPSA) is 39.1 Å². The lowest BCUT2D eigenvalue weighted by Crippen LogP contribution is -2.46. The molecule has 0 spiro atoms. The fourth-order valence-electron chi connectivity index (χ4n) is 3.04. The van der Waals surface area contributed by atoms with E-state index in [4.69, 9.17) is 4.74 Å². The quantitative estimate of drug-likeness (QED) is 0.921. The average molecular weight is 281 g/mol. The lowest BCUT2D eigenvalue weighted by Gasteiger charge is -2.36. The van der Waals surface area contributed by atoms with Crippen LogP contribution in [0.1, 0.15) is 37.4 Å². The molecule has 106 valence electrons. The van der Waals surface area contributed by atoms with Gasteiger partial charge in [0.05, 0.1) is 6.20 Å². The second kappa shape index (κ2) is 6.29. The van der Waals surface area contributed by atoms with Gasteiger partial charge < -0.3 is 10.1 Å². The van der Waals surface area contributed by atoms with Gasteiger partial charge in [-0.15, -0.1) is 0 Å². The van der Waals surface area contributed by atoms with Crippen molar-refractivity contribution in [1.29, 1.82) is 0 Å². The molecule has 3 heterocycles. The summed E-state index contributed by atoms with van der Waals surface area (Å²) in [4.78, 5) is 0. The normalized spacial score (nSPS) is 32.4. The first-order valence-corrected chi connectivity index (χ1v) is 8.42. The summed E-state index contributed by atoms with van der Waals surface area (Å²) in [5.41, 5.74) is 1.21. The van der Waals surface area contributed by atoms with Gasteiger partial charge in [0.2, 0.25) is 0 Å². The smallest absolute Gasteiger partial charge is 0.101 e. The van der Waals surface area contributed by atoms with Gasteiger partial charge in [-0.1, -0.05) is 0 Å². The maximum Gasteiger partial charge on any atom is 0.101 e. The van der Waals surface area contributed by atoms with E-state index >= 15 is 0 Å². The van der Waals surface area contributed by atoms with Crippen LogP contribution in [0.4, 0.5) is 0 Å². The second-order valence-corrected chi connectivity index (χ2v) is 6.72. The van der Waals surface area contributed by atoms with E-state index in [1.165, 1.54) is 36.3 Å².